The first-order chi connectivity index (χ1) is 5.16. The second kappa shape index (κ2) is 2.98. The summed E-state index contributed by atoms with van der Waals surface area (Å²) in [6, 6.07) is 2.06. The summed E-state index contributed by atoms with van der Waals surface area (Å²) >= 11 is 5.85. The Bertz CT molecular complexity index is 281. The van der Waals surface area contributed by atoms with Gasteiger partial charge in [0, 0.05) is 11.3 Å². The highest BCUT2D eigenvalue weighted by molar-refractivity contribution is 6.32. The van der Waals surface area contributed by atoms with Crippen molar-refractivity contribution in [1.82, 2.24) is 0 Å². The van der Waals surface area contributed by atoms with Gasteiger partial charge in [-0.2, -0.15) is 5.26 Å². The van der Waals surface area contributed by atoms with Gasteiger partial charge in [0.25, 0.3) is 0 Å². The van der Waals surface area contributed by atoms with Crippen LogP contribution in [-0.2, 0) is 0 Å². The maximum absolute atomic E-state index is 8.61. The number of rotatable bonds is 0. The van der Waals surface area contributed by atoms with Crippen molar-refractivity contribution in [3.8, 4) is 6.07 Å². The lowest BCUT2D eigenvalue weighted by atomic mass is 9.98. The molecule has 0 bridgehead atoms. The number of hydrogen-bond acceptors (Lipinski definition) is 2. The summed E-state index contributed by atoms with van der Waals surface area (Å²) in [7, 11) is 0. The number of nitrogens with zero attached hydrogens (tertiary/aromatic N) is 1. The van der Waals surface area contributed by atoms with Crippen LogP contribution in [0.5, 0.6) is 0 Å². The van der Waals surface area contributed by atoms with Crippen molar-refractivity contribution in [1.29, 1.82) is 5.26 Å². The molecule has 11 heavy (non-hydrogen) atoms. The highest BCUT2D eigenvalue weighted by Crippen LogP contribution is 2.29. The van der Waals surface area contributed by atoms with Crippen molar-refractivity contribution in [2.45, 2.75) is 19.8 Å². The van der Waals surface area contributed by atoms with Crippen LogP contribution in [0.2, 0.25) is 0 Å². The molecule has 58 valence electrons. The second-order valence-corrected chi connectivity index (χ2v) is 2.93. The smallest absolute Gasteiger partial charge is 0.0962 e. The van der Waals surface area contributed by atoms with Gasteiger partial charge in [-0.1, -0.05) is 11.6 Å². The third kappa shape index (κ3) is 1.38. The molecule has 0 aromatic heterocycles. The lowest BCUT2D eigenvalue weighted by Crippen LogP contribution is -2.07. The highest BCUT2D eigenvalue weighted by Gasteiger charge is 2.14. The molecule has 0 aromatic rings. The zero-order valence-corrected chi connectivity index (χ0v) is 7.07. The fourth-order valence-corrected chi connectivity index (χ4v) is 1.29. The number of hydrogen-bond donors (Lipinski definition) is 1. The minimum absolute atomic E-state index is 0.538. The van der Waals surface area contributed by atoms with Crippen LogP contribution in [0.15, 0.2) is 21.9 Å². The summed E-state index contributed by atoms with van der Waals surface area (Å²) in [5.74, 6) is 0. The van der Waals surface area contributed by atoms with Gasteiger partial charge in [-0.25, -0.2) is 0 Å². The fourth-order valence-electron chi connectivity index (χ4n) is 1.03. The SMILES string of the molecule is CC1=C(N)CCC(C#N)=C1Cl. The second-order valence-electron chi connectivity index (χ2n) is 2.55. The molecule has 2 nitrogen and oxygen atoms in total. The predicted octanol–water partition coefficient (Wildman–Crippen LogP) is 2.03. The van der Waals surface area contributed by atoms with E-state index in [-0.39, 0.29) is 0 Å². The van der Waals surface area contributed by atoms with Crippen LogP contribution < -0.4 is 5.73 Å². The van der Waals surface area contributed by atoms with Crippen LogP contribution >= 0.6 is 11.6 Å². The number of nitriles is 1. The average molecular weight is 169 g/mol. The molecule has 0 fully saturated rings. The molecule has 0 unspecified atom stereocenters. The minimum Gasteiger partial charge on any atom is -0.402 e. The Morgan fingerprint density at radius 1 is 1.55 bits per heavy atom. The van der Waals surface area contributed by atoms with Gasteiger partial charge in [0.15, 0.2) is 0 Å². The zero-order valence-electron chi connectivity index (χ0n) is 6.32. The molecule has 2 N–H and O–H groups in total. The molecule has 0 atom stereocenters. The van der Waals surface area contributed by atoms with Gasteiger partial charge in [-0.05, 0) is 25.3 Å². The largest absolute Gasteiger partial charge is 0.402 e. The molecule has 0 aliphatic heterocycles. The highest BCUT2D eigenvalue weighted by atomic mass is 35.5. The van der Waals surface area contributed by atoms with Crippen LogP contribution in [0.1, 0.15) is 19.8 Å². The topological polar surface area (TPSA) is 49.8 Å². The van der Waals surface area contributed by atoms with Crippen molar-refractivity contribution in [2.24, 2.45) is 5.73 Å². The molecule has 0 heterocycles. The van der Waals surface area contributed by atoms with Gasteiger partial charge in [-0.15, -0.1) is 0 Å². The summed E-state index contributed by atoms with van der Waals surface area (Å²) in [6.45, 7) is 1.84. The number of halogens is 1. The fraction of sp³-hybridized carbons (Fsp3) is 0.375. The van der Waals surface area contributed by atoms with E-state index in [0.29, 0.717) is 17.0 Å². The first kappa shape index (κ1) is 8.16. The maximum atomic E-state index is 8.61. The first-order valence-electron chi connectivity index (χ1n) is 3.41. The lowest BCUT2D eigenvalue weighted by molar-refractivity contribution is 0.889. The molecule has 3 heteroatoms. The Labute approximate surface area is 70.9 Å². The molecule has 0 amide bonds. The van der Waals surface area contributed by atoms with Crippen molar-refractivity contribution in [3.63, 3.8) is 0 Å². The summed E-state index contributed by atoms with van der Waals surface area (Å²) in [4.78, 5) is 0. The van der Waals surface area contributed by atoms with Crippen LogP contribution in [0, 0.1) is 11.3 Å². The lowest BCUT2D eigenvalue weighted by Gasteiger charge is -2.13. The predicted molar refractivity (Wildman–Crippen MR) is 44.6 cm³/mol. The van der Waals surface area contributed by atoms with E-state index < -0.39 is 0 Å². The summed E-state index contributed by atoms with van der Waals surface area (Å²) < 4.78 is 0. The monoisotopic (exact) mass is 168 g/mol. The van der Waals surface area contributed by atoms with Gasteiger partial charge >= 0.3 is 0 Å². The van der Waals surface area contributed by atoms with Crippen molar-refractivity contribution in [3.05, 3.63) is 21.9 Å². The zero-order chi connectivity index (χ0) is 8.43. The van der Waals surface area contributed by atoms with Crippen molar-refractivity contribution >= 4 is 11.6 Å². The van der Waals surface area contributed by atoms with Crippen LogP contribution in [0.3, 0.4) is 0 Å². The Morgan fingerprint density at radius 2 is 2.18 bits per heavy atom. The van der Waals surface area contributed by atoms with Gasteiger partial charge in [0.05, 0.1) is 11.1 Å². The Balaban J connectivity index is 3.10. The van der Waals surface area contributed by atoms with E-state index in [1.165, 1.54) is 0 Å². The van der Waals surface area contributed by atoms with E-state index in [4.69, 9.17) is 22.6 Å². The summed E-state index contributed by atoms with van der Waals surface area (Å²) in [5, 5.41) is 9.15. The number of nitrogens with two attached hydrogens (primary N) is 1. The molecule has 0 aromatic carbocycles. The van der Waals surface area contributed by atoms with Gasteiger partial charge in [0.1, 0.15) is 0 Å². The summed E-state index contributed by atoms with van der Waals surface area (Å²) in [5.41, 5.74) is 7.94. The third-order valence-corrected chi connectivity index (χ3v) is 2.37. The molecule has 1 aliphatic rings. The standard InChI is InChI=1S/C8H9ClN2/c1-5-7(11)3-2-6(4-10)8(5)9/h2-3,11H2,1H3. The third-order valence-electron chi connectivity index (χ3n) is 1.86. The first-order valence-corrected chi connectivity index (χ1v) is 3.79. The minimum atomic E-state index is 0.538. The van der Waals surface area contributed by atoms with Crippen molar-refractivity contribution in [2.75, 3.05) is 0 Å². The molecule has 1 aliphatic carbocycles. The van der Waals surface area contributed by atoms with E-state index in [1.54, 1.807) is 0 Å². The Morgan fingerprint density at radius 3 is 2.73 bits per heavy atom. The van der Waals surface area contributed by atoms with E-state index in [1.807, 2.05) is 6.92 Å². The van der Waals surface area contributed by atoms with Crippen LogP contribution in [-0.4, -0.2) is 0 Å². The molecule has 0 radical (unpaired) electrons. The van der Waals surface area contributed by atoms with E-state index >= 15 is 0 Å². The molecular weight excluding hydrogens is 160 g/mol. The molecule has 0 saturated carbocycles. The number of allylic oxidation sites excluding steroid dienone is 4. The Kier molecular flexibility index (Phi) is 2.21. The van der Waals surface area contributed by atoms with Crippen LogP contribution in [0.4, 0.5) is 0 Å². The quantitative estimate of drug-likeness (QED) is 0.602. The molecule has 0 spiro atoms. The average Bonchev–Trinajstić information content (AvgIpc) is 2.01. The van der Waals surface area contributed by atoms with E-state index in [2.05, 4.69) is 6.07 Å². The molecule has 0 saturated heterocycles. The van der Waals surface area contributed by atoms with Crippen LogP contribution in [0.25, 0.3) is 0 Å². The Hall–Kier alpha value is -0.940. The maximum Gasteiger partial charge on any atom is 0.0962 e. The van der Waals surface area contributed by atoms with E-state index in [0.717, 1.165) is 17.7 Å². The van der Waals surface area contributed by atoms with Gasteiger partial charge < -0.3 is 5.73 Å². The molecular formula is C8H9ClN2. The van der Waals surface area contributed by atoms with Gasteiger partial charge in [-0.3, -0.25) is 0 Å². The normalized spacial score (nSPS) is 18.6. The van der Waals surface area contributed by atoms with E-state index in [9.17, 15) is 0 Å². The van der Waals surface area contributed by atoms with Crippen molar-refractivity contribution < 1.29 is 0 Å². The molecule has 1 rings (SSSR count). The van der Waals surface area contributed by atoms with Gasteiger partial charge in [0.2, 0.25) is 0 Å². The summed E-state index contributed by atoms with van der Waals surface area (Å²) in [6.07, 6.45) is 1.43.